The topological polar surface area (TPSA) is 97.6 Å². The van der Waals surface area contributed by atoms with Crippen molar-refractivity contribution < 1.29 is 23.5 Å². The van der Waals surface area contributed by atoms with Gasteiger partial charge in [-0.1, -0.05) is 0 Å². The van der Waals surface area contributed by atoms with Crippen LogP contribution in [-0.4, -0.2) is 24.5 Å². The highest BCUT2D eigenvalue weighted by atomic mass is 32.1. The molecule has 3 rings (SSSR count). The van der Waals surface area contributed by atoms with E-state index in [1.165, 1.54) is 11.1 Å². The maximum atomic E-state index is 12.1. The van der Waals surface area contributed by atoms with Gasteiger partial charge >= 0.3 is 12.0 Å². The smallest absolute Gasteiger partial charge is 0.339 e. The minimum Gasteiger partial charge on any atom is -0.467 e. The third-order valence-corrected chi connectivity index (χ3v) is 4.96. The molecule has 0 atom stereocenters. The number of hydrogen-bond acceptors (Lipinski definition) is 6. The van der Waals surface area contributed by atoms with Crippen molar-refractivity contribution in [2.24, 2.45) is 0 Å². The fourth-order valence-corrected chi connectivity index (χ4v) is 3.78. The molecule has 3 amide bonds. The van der Waals surface area contributed by atoms with Crippen LogP contribution in [0.25, 0.3) is 0 Å². The molecule has 1 aliphatic rings. The molecule has 0 aliphatic heterocycles. The molecular formula is C17H18N2O5S. The van der Waals surface area contributed by atoms with Gasteiger partial charge < -0.3 is 14.5 Å². The van der Waals surface area contributed by atoms with Gasteiger partial charge in [-0.05, 0) is 43.4 Å². The SMILES string of the molecule is O=C(COC(=O)c1csc2c1CCCC2)NC(=O)NCc1ccco1. The summed E-state index contributed by atoms with van der Waals surface area (Å²) in [6, 6.07) is 2.72. The molecule has 0 radical (unpaired) electrons. The number of fused-ring (bicyclic) bond motifs is 1. The molecular weight excluding hydrogens is 344 g/mol. The molecule has 132 valence electrons. The van der Waals surface area contributed by atoms with Gasteiger partial charge in [-0.15, -0.1) is 11.3 Å². The van der Waals surface area contributed by atoms with Crippen LogP contribution in [0.3, 0.4) is 0 Å². The van der Waals surface area contributed by atoms with E-state index < -0.39 is 24.5 Å². The molecule has 0 saturated heterocycles. The largest absolute Gasteiger partial charge is 0.467 e. The molecule has 0 spiro atoms. The number of ether oxygens (including phenoxy) is 1. The molecule has 0 bridgehead atoms. The molecule has 2 aromatic rings. The zero-order valence-corrected chi connectivity index (χ0v) is 14.3. The first-order chi connectivity index (χ1) is 12.1. The molecule has 2 aromatic heterocycles. The van der Waals surface area contributed by atoms with E-state index in [-0.39, 0.29) is 6.54 Å². The number of furan rings is 1. The lowest BCUT2D eigenvalue weighted by Crippen LogP contribution is -2.41. The number of hydrogen-bond donors (Lipinski definition) is 2. The molecule has 0 unspecified atom stereocenters. The Morgan fingerprint density at radius 2 is 2.08 bits per heavy atom. The number of imide groups is 1. The molecule has 2 N–H and O–H groups in total. The lowest BCUT2D eigenvalue weighted by atomic mass is 9.96. The van der Waals surface area contributed by atoms with E-state index in [4.69, 9.17) is 9.15 Å². The van der Waals surface area contributed by atoms with Crippen molar-refractivity contribution in [2.75, 3.05) is 6.61 Å². The third-order valence-electron chi connectivity index (χ3n) is 3.87. The standard InChI is InChI=1S/C17H18N2O5S/c20-15(19-17(22)18-8-11-4-3-7-23-11)9-24-16(21)13-10-25-14-6-2-1-5-12(13)14/h3-4,7,10H,1-2,5-6,8-9H2,(H2,18,19,20,22). The summed E-state index contributed by atoms with van der Waals surface area (Å²) in [5.74, 6) is -0.642. The van der Waals surface area contributed by atoms with E-state index in [9.17, 15) is 14.4 Å². The summed E-state index contributed by atoms with van der Waals surface area (Å²) >= 11 is 1.56. The van der Waals surface area contributed by atoms with Gasteiger partial charge in [0.25, 0.3) is 5.91 Å². The number of thiophene rings is 1. The van der Waals surface area contributed by atoms with Gasteiger partial charge in [0, 0.05) is 10.3 Å². The highest BCUT2D eigenvalue weighted by molar-refractivity contribution is 7.10. The quantitative estimate of drug-likeness (QED) is 0.796. The van der Waals surface area contributed by atoms with Crippen molar-refractivity contribution >= 4 is 29.2 Å². The van der Waals surface area contributed by atoms with Crippen LogP contribution in [0.2, 0.25) is 0 Å². The first kappa shape index (κ1) is 17.2. The number of amides is 3. The van der Waals surface area contributed by atoms with Crippen molar-refractivity contribution in [3.8, 4) is 0 Å². The number of carbonyl (C=O) groups excluding carboxylic acids is 3. The van der Waals surface area contributed by atoms with Crippen LogP contribution in [0.15, 0.2) is 28.2 Å². The van der Waals surface area contributed by atoms with Gasteiger partial charge in [0.2, 0.25) is 0 Å². The normalized spacial score (nSPS) is 13.0. The van der Waals surface area contributed by atoms with E-state index in [1.54, 1.807) is 28.8 Å². The maximum Gasteiger partial charge on any atom is 0.339 e. The van der Waals surface area contributed by atoms with Crippen molar-refractivity contribution in [2.45, 2.75) is 32.2 Å². The molecule has 25 heavy (non-hydrogen) atoms. The van der Waals surface area contributed by atoms with Gasteiger partial charge in [-0.3, -0.25) is 10.1 Å². The monoisotopic (exact) mass is 362 g/mol. The minimum absolute atomic E-state index is 0.160. The Labute approximate surface area is 148 Å². The van der Waals surface area contributed by atoms with Crippen LogP contribution in [-0.2, 0) is 28.9 Å². The van der Waals surface area contributed by atoms with Crippen LogP contribution in [0.5, 0.6) is 0 Å². The predicted molar refractivity (Wildman–Crippen MR) is 90.3 cm³/mol. The lowest BCUT2D eigenvalue weighted by molar-refractivity contribution is -0.123. The number of nitrogens with one attached hydrogen (secondary N) is 2. The molecule has 0 saturated carbocycles. The number of urea groups is 1. The Balaban J connectivity index is 1.43. The van der Waals surface area contributed by atoms with Crippen LogP contribution in [0.1, 0.15) is 39.4 Å². The second kappa shape index (κ2) is 7.98. The predicted octanol–water partition coefficient (Wildman–Crippen LogP) is 2.40. The summed E-state index contributed by atoms with van der Waals surface area (Å²) in [6.45, 7) is -0.343. The Morgan fingerprint density at radius 3 is 2.88 bits per heavy atom. The number of rotatable bonds is 5. The highest BCUT2D eigenvalue weighted by Crippen LogP contribution is 2.30. The summed E-state index contributed by atoms with van der Waals surface area (Å²) in [5.41, 5.74) is 1.58. The van der Waals surface area contributed by atoms with Crippen molar-refractivity contribution in [3.63, 3.8) is 0 Å². The van der Waals surface area contributed by atoms with Gasteiger partial charge in [0.1, 0.15) is 5.76 Å². The van der Waals surface area contributed by atoms with Crippen LogP contribution < -0.4 is 10.6 Å². The minimum atomic E-state index is -0.686. The zero-order valence-electron chi connectivity index (χ0n) is 13.5. The molecule has 8 heteroatoms. The van der Waals surface area contributed by atoms with E-state index in [2.05, 4.69) is 10.6 Å². The number of aryl methyl sites for hydroxylation is 1. The molecule has 0 fully saturated rings. The molecule has 1 aliphatic carbocycles. The van der Waals surface area contributed by atoms with Crippen molar-refractivity contribution in [1.82, 2.24) is 10.6 Å². The molecule has 7 nitrogen and oxygen atoms in total. The average Bonchev–Trinajstić information content (AvgIpc) is 3.27. The fraction of sp³-hybridized carbons (Fsp3) is 0.353. The summed E-state index contributed by atoms with van der Waals surface area (Å²) in [7, 11) is 0. The Hall–Kier alpha value is -2.61. The van der Waals surface area contributed by atoms with Gasteiger partial charge in [-0.25, -0.2) is 9.59 Å². The van der Waals surface area contributed by atoms with E-state index in [1.807, 2.05) is 0 Å². The van der Waals surface area contributed by atoms with Gasteiger partial charge in [0.05, 0.1) is 18.4 Å². The number of carbonyl (C=O) groups is 3. The summed E-state index contributed by atoms with van der Waals surface area (Å²) < 4.78 is 10.1. The second-order valence-corrected chi connectivity index (χ2v) is 6.61. The van der Waals surface area contributed by atoms with Gasteiger partial charge in [-0.2, -0.15) is 0 Å². The van der Waals surface area contributed by atoms with E-state index in [0.717, 1.165) is 31.2 Å². The zero-order chi connectivity index (χ0) is 17.6. The van der Waals surface area contributed by atoms with Crippen molar-refractivity contribution in [1.29, 1.82) is 0 Å². The Morgan fingerprint density at radius 1 is 1.24 bits per heavy atom. The summed E-state index contributed by atoms with van der Waals surface area (Å²) in [5, 5.41) is 6.35. The average molecular weight is 362 g/mol. The molecule has 2 heterocycles. The third kappa shape index (κ3) is 4.48. The van der Waals surface area contributed by atoms with Crippen LogP contribution in [0, 0.1) is 0 Å². The Bertz CT molecular complexity index is 766. The number of esters is 1. The summed E-state index contributed by atoms with van der Waals surface area (Å²) in [4.78, 5) is 36.7. The Kier molecular flexibility index (Phi) is 5.49. The van der Waals surface area contributed by atoms with Gasteiger partial charge in [0.15, 0.2) is 6.61 Å². The first-order valence-electron chi connectivity index (χ1n) is 8.00. The summed E-state index contributed by atoms with van der Waals surface area (Å²) in [6.07, 6.45) is 5.54. The van der Waals surface area contributed by atoms with E-state index in [0.29, 0.717) is 11.3 Å². The van der Waals surface area contributed by atoms with Crippen LogP contribution >= 0.6 is 11.3 Å². The van der Waals surface area contributed by atoms with Crippen molar-refractivity contribution in [3.05, 3.63) is 45.5 Å². The fourth-order valence-electron chi connectivity index (χ4n) is 2.66. The van der Waals surface area contributed by atoms with Crippen LogP contribution in [0.4, 0.5) is 4.79 Å². The second-order valence-electron chi connectivity index (χ2n) is 5.64. The van der Waals surface area contributed by atoms with E-state index >= 15 is 0 Å². The first-order valence-corrected chi connectivity index (χ1v) is 8.88. The highest BCUT2D eigenvalue weighted by Gasteiger charge is 2.21. The lowest BCUT2D eigenvalue weighted by Gasteiger charge is -2.12. The molecule has 0 aromatic carbocycles. The maximum absolute atomic E-state index is 12.1.